The molecule has 0 saturated carbocycles. The number of hydrogen-bond acceptors (Lipinski definition) is 4. The number of nitrogens with one attached hydrogen (secondary N) is 1. The molecule has 1 atom stereocenters. The van der Waals surface area contributed by atoms with Gasteiger partial charge in [0, 0.05) is 18.8 Å². The number of piperidine rings is 1. The van der Waals surface area contributed by atoms with E-state index in [0.29, 0.717) is 13.1 Å². The minimum atomic E-state index is -0.261. The fourth-order valence-electron chi connectivity index (χ4n) is 3.77. The molecule has 1 aliphatic heterocycles. The van der Waals surface area contributed by atoms with Crippen LogP contribution in [0.15, 0.2) is 23.5 Å². The van der Waals surface area contributed by atoms with Gasteiger partial charge in [0.1, 0.15) is 18.2 Å². The highest BCUT2D eigenvalue weighted by Crippen LogP contribution is 2.23. The lowest BCUT2D eigenvalue weighted by Gasteiger charge is -2.32. The Morgan fingerprint density at radius 1 is 1.25 bits per heavy atom. The van der Waals surface area contributed by atoms with E-state index in [4.69, 9.17) is 0 Å². The average Bonchev–Trinajstić information content (AvgIpc) is 3.15. The van der Waals surface area contributed by atoms with Gasteiger partial charge < -0.3 is 9.88 Å². The van der Waals surface area contributed by atoms with Gasteiger partial charge in [-0.2, -0.15) is 5.10 Å². The number of pyridine rings is 1. The Labute approximate surface area is 139 Å². The molecular weight excluding hydrogens is 306 g/mol. The summed E-state index contributed by atoms with van der Waals surface area (Å²) in [4.78, 5) is 33.9. The van der Waals surface area contributed by atoms with Gasteiger partial charge in [-0.3, -0.25) is 9.59 Å². The molecule has 2 aliphatic rings. The molecule has 4 rings (SSSR count). The molecule has 2 aromatic heterocycles. The van der Waals surface area contributed by atoms with E-state index in [9.17, 15) is 9.59 Å². The lowest BCUT2D eigenvalue weighted by atomic mass is 9.94. The van der Waals surface area contributed by atoms with Crippen LogP contribution in [0.25, 0.3) is 0 Å². The van der Waals surface area contributed by atoms with Crippen LogP contribution in [0, 0.1) is 0 Å². The number of rotatable bonds is 2. The predicted octanol–water partition coefficient (Wildman–Crippen LogP) is 1.32. The van der Waals surface area contributed by atoms with E-state index < -0.39 is 0 Å². The molecule has 126 valence electrons. The molecule has 7 heteroatoms. The first kappa shape index (κ1) is 15.1. The topological polar surface area (TPSA) is 83.9 Å². The molecular formula is C17H21N5O2. The molecule has 1 N–H and O–H groups in total. The number of likely N-dealkylation sites (tertiary alicyclic amines) is 1. The Hall–Kier alpha value is -2.44. The summed E-state index contributed by atoms with van der Waals surface area (Å²) in [6.07, 6.45) is 9.11. The smallest absolute Gasteiger partial charge is 0.261 e. The Bertz CT molecular complexity index is 796. The van der Waals surface area contributed by atoms with E-state index in [2.05, 4.69) is 15.1 Å². The molecule has 0 aromatic carbocycles. The number of amides is 1. The first-order valence-corrected chi connectivity index (χ1v) is 8.61. The van der Waals surface area contributed by atoms with Crippen molar-refractivity contribution in [1.29, 1.82) is 0 Å². The first-order valence-electron chi connectivity index (χ1n) is 8.61. The number of carbonyl (C=O) groups excluding carboxylic acids is 1. The standard InChI is InChI=1S/C17H21N5O2/c23-16-14(8-12-4-1-2-6-15(12)20-16)17(24)21-7-3-5-13(9-21)22-11-18-10-19-22/h8,10-11,13H,1-7,9H2,(H,20,23)/t13-/m0/s1. The summed E-state index contributed by atoms with van der Waals surface area (Å²) in [6, 6.07) is 1.94. The van der Waals surface area contributed by atoms with Crippen molar-refractivity contribution in [3.8, 4) is 0 Å². The molecule has 1 amide bonds. The van der Waals surface area contributed by atoms with Gasteiger partial charge in [0.25, 0.3) is 11.5 Å². The highest BCUT2D eigenvalue weighted by atomic mass is 16.2. The minimum absolute atomic E-state index is 0.127. The van der Waals surface area contributed by atoms with Crippen molar-refractivity contribution >= 4 is 5.91 Å². The Balaban J connectivity index is 1.58. The van der Waals surface area contributed by atoms with Crippen LogP contribution in [-0.4, -0.2) is 43.6 Å². The van der Waals surface area contributed by atoms with Crippen LogP contribution in [0.5, 0.6) is 0 Å². The second kappa shape index (κ2) is 6.22. The van der Waals surface area contributed by atoms with Gasteiger partial charge >= 0.3 is 0 Å². The van der Waals surface area contributed by atoms with E-state index in [-0.39, 0.29) is 23.1 Å². The highest BCUT2D eigenvalue weighted by molar-refractivity contribution is 5.94. The third-order valence-corrected chi connectivity index (χ3v) is 5.06. The van der Waals surface area contributed by atoms with Crippen molar-refractivity contribution in [2.75, 3.05) is 13.1 Å². The summed E-state index contributed by atoms with van der Waals surface area (Å²) in [5, 5.41) is 4.18. The number of H-pyrrole nitrogens is 1. The number of aromatic nitrogens is 4. The molecule has 0 spiro atoms. The molecule has 3 heterocycles. The summed E-state index contributed by atoms with van der Waals surface area (Å²) >= 11 is 0. The van der Waals surface area contributed by atoms with Crippen LogP contribution >= 0.6 is 0 Å². The highest BCUT2D eigenvalue weighted by Gasteiger charge is 2.28. The van der Waals surface area contributed by atoms with Crippen molar-refractivity contribution in [2.24, 2.45) is 0 Å². The van der Waals surface area contributed by atoms with E-state index in [0.717, 1.165) is 49.8 Å². The van der Waals surface area contributed by atoms with Crippen molar-refractivity contribution < 1.29 is 4.79 Å². The molecule has 1 fully saturated rings. The van der Waals surface area contributed by atoms with Crippen molar-refractivity contribution in [1.82, 2.24) is 24.6 Å². The average molecular weight is 327 g/mol. The van der Waals surface area contributed by atoms with Crippen molar-refractivity contribution in [2.45, 2.75) is 44.6 Å². The zero-order chi connectivity index (χ0) is 16.5. The van der Waals surface area contributed by atoms with Crippen molar-refractivity contribution in [3.63, 3.8) is 0 Å². The zero-order valence-corrected chi connectivity index (χ0v) is 13.6. The largest absolute Gasteiger partial charge is 0.336 e. The van der Waals surface area contributed by atoms with E-state index in [1.54, 1.807) is 15.9 Å². The van der Waals surface area contributed by atoms with Gasteiger partial charge in [-0.15, -0.1) is 0 Å². The van der Waals surface area contributed by atoms with E-state index >= 15 is 0 Å². The van der Waals surface area contributed by atoms with E-state index in [1.165, 1.54) is 6.33 Å². The van der Waals surface area contributed by atoms with Gasteiger partial charge in [0.2, 0.25) is 0 Å². The fourth-order valence-corrected chi connectivity index (χ4v) is 3.77. The third-order valence-electron chi connectivity index (χ3n) is 5.06. The van der Waals surface area contributed by atoms with Crippen LogP contribution in [0.2, 0.25) is 0 Å². The molecule has 0 radical (unpaired) electrons. The number of aryl methyl sites for hydroxylation is 2. The van der Waals surface area contributed by atoms with Gasteiger partial charge in [-0.1, -0.05) is 0 Å². The summed E-state index contributed by atoms with van der Waals surface area (Å²) < 4.78 is 1.80. The van der Waals surface area contributed by atoms with Crippen LogP contribution in [0.3, 0.4) is 0 Å². The first-order chi connectivity index (χ1) is 11.7. The molecule has 24 heavy (non-hydrogen) atoms. The molecule has 7 nitrogen and oxygen atoms in total. The lowest BCUT2D eigenvalue weighted by molar-refractivity contribution is 0.0670. The normalized spacial score (nSPS) is 20.7. The van der Waals surface area contributed by atoms with Crippen LogP contribution in [0.1, 0.15) is 53.3 Å². The number of hydrogen-bond donors (Lipinski definition) is 1. The minimum Gasteiger partial charge on any atom is -0.336 e. The van der Waals surface area contributed by atoms with Gasteiger partial charge in [0.05, 0.1) is 6.04 Å². The summed E-state index contributed by atoms with van der Waals surface area (Å²) in [6.45, 7) is 1.25. The Morgan fingerprint density at radius 3 is 2.96 bits per heavy atom. The second-order valence-corrected chi connectivity index (χ2v) is 6.65. The van der Waals surface area contributed by atoms with E-state index in [1.807, 2.05) is 6.07 Å². The van der Waals surface area contributed by atoms with Gasteiger partial charge in [0.15, 0.2) is 0 Å². The Morgan fingerprint density at radius 2 is 2.12 bits per heavy atom. The van der Waals surface area contributed by atoms with Crippen LogP contribution in [0.4, 0.5) is 0 Å². The predicted molar refractivity (Wildman–Crippen MR) is 87.9 cm³/mol. The number of carbonyl (C=O) groups is 1. The summed E-state index contributed by atoms with van der Waals surface area (Å²) in [7, 11) is 0. The summed E-state index contributed by atoms with van der Waals surface area (Å²) in [5.41, 5.74) is 2.13. The maximum absolute atomic E-state index is 12.9. The van der Waals surface area contributed by atoms with Crippen LogP contribution < -0.4 is 5.56 Å². The molecule has 0 unspecified atom stereocenters. The monoisotopic (exact) mass is 327 g/mol. The second-order valence-electron chi connectivity index (χ2n) is 6.65. The molecule has 1 aliphatic carbocycles. The van der Waals surface area contributed by atoms with Gasteiger partial charge in [-0.05, 0) is 50.2 Å². The van der Waals surface area contributed by atoms with Crippen LogP contribution in [-0.2, 0) is 12.8 Å². The fraction of sp³-hybridized carbons (Fsp3) is 0.529. The summed E-state index contributed by atoms with van der Waals surface area (Å²) in [5.74, 6) is -0.172. The van der Waals surface area contributed by atoms with Crippen molar-refractivity contribution in [3.05, 3.63) is 45.9 Å². The number of nitrogens with zero attached hydrogens (tertiary/aromatic N) is 4. The lowest BCUT2D eigenvalue weighted by Crippen LogP contribution is -2.42. The molecule has 2 aromatic rings. The third kappa shape index (κ3) is 2.74. The Kier molecular flexibility index (Phi) is 3.92. The van der Waals surface area contributed by atoms with Gasteiger partial charge in [-0.25, -0.2) is 9.67 Å². The maximum atomic E-state index is 12.9. The molecule has 1 saturated heterocycles. The maximum Gasteiger partial charge on any atom is 0.261 e. The zero-order valence-electron chi connectivity index (χ0n) is 13.6. The number of fused-ring (bicyclic) bond motifs is 1. The molecule has 0 bridgehead atoms. The number of aromatic amines is 1. The quantitative estimate of drug-likeness (QED) is 0.902. The SMILES string of the molecule is O=C(c1cc2c([nH]c1=O)CCCC2)N1CCC[C@H](n2cncn2)C1.